The van der Waals surface area contributed by atoms with Crippen molar-refractivity contribution in [2.75, 3.05) is 14.2 Å². The van der Waals surface area contributed by atoms with E-state index in [1.807, 2.05) is 40.0 Å². The van der Waals surface area contributed by atoms with E-state index in [9.17, 15) is 14.4 Å². The van der Waals surface area contributed by atoms with E-state index in [0.29, 0.717) is 11.1 Å². The lowest BCUT2D eigenvalue weighted by molar-refractivity contribution is 0.0210. The Bertz CT molecular complexity index is 1460. The molecular formula is C29H34N2O5S. The SMILES string of the molecule is COc1c(-c2cc3c(s2)CCC(N(C)C(=O)OC(C)(C)C)C3)ccc2c(=O)c(C(C)=O)cn(C3CC3)c12. The Kier molecular flexibility index (Phi) is 6.42. The number of hydrogen-bond acceptors (Lipinski definition) is 6. The van der Waals surface area contributed by atoms with Crippen LogP contribution in [0.25, 0.3) is 21.3 Å². The van der Waals surface area contributed by atoms with Gasteiger partial charge in [0.25, 0.3) is 0 Å². The van der Waals surface area contributed by atoms with Gasteiger partial charge in [-0.25, -0.2) is 4.79 Å². The number of hydrogen-bond donors (Lipinski definition) is 0. The predicted octanol–water partition coefficient (Wildman–Crippen LogP) is 6.00. The summed E-state index contributed by atoms with van der Waals surface area (Å²) in [5.74, 6) is 0.443. The quantitative estimate of drug-likeness (QED) is 0.384. The van der Waals surface area contributed by atoms with Gasteiger partial charge >= 0.3 is 6.09 Å². The fourth-order valence-electron chi connectivity index (χ4n) is 5.16. The molecular weight excluding hydrogens is 488 g/mol. The molecule has 196 valence electrons. The lowest BCUT2D eigenvalue weighted by Gasteiger charge is -2.32. The molecule has 1 unspecified atom stereocenters. The number of ether oxygens (including phenoxy) is 2. The molecule has 5 rings (SSSR count). The van der Waals surface area contributed by atoms with E-state index in [2.05, 4.69) is 10.6 Å². The van der Waals surface area contributed by atoms with Crippen molar-refractivity contribution in [2.45, 2.75) is 77.5 Å². The molecule has 3 aromatic rings. The highest BCUT2D eigenvalue weighted by Crippen LogP contribution is 2.45. The number of aryl methyl sites for hydroxylation is 1. The van der Waals surface area contributed by atoms with Crippen LogP contribution in [0.5, 0.6) is 5.75 Å². The number of fused-ring (bicyclic) bond motifs is 2. The summed E-state index contributed by atoms with van der Waals surface area (Å²) in [6.45, 7) is 7.07. The second-order valence-electron chi connectivity index (χ2n) is 11.2. The summed E-state index contributed by atoms with van der Waals surface area (Å²) >= 11 is 1.74. The van der Waals surface area contributed by atoms with E-state index in [1.54, 1.807) is 29.5 Å². The zero-order chi connectivity index (χ0) is 26.6. The number of ketones is 1. The Hall–Kier alpha value is -3.13. The van der Waals surface area contributed by atoms with E-state index in [1.165, 1.54) is 17.4 Å². The fraction of sp³-hybridized carbons (Fsp3) is 0.483. The molecule has 2 aliphatic rings. The second kappa shape index (κ2) is 9.31. The second-order valence-corrected chi connectivity index (χ2v) is 12.3. The summed E-state index contributed by atoms with van der Waals surface area (Å²) < 4.78 is 13.6. The van der Waals surface area contributed by atoms with Crippen molar-refractivity contribution in [2.24, 2.45) is 0 Å². The van der Waals surface area contributed by atoms with Crippen LogP contribution < -0.4 is 10.2 Å². The van der Waals surface area contributed by atoms with Gasteiger partial charge in [0.05, 0.1) is 23.6 Å². The van der Waals surface area contributed by atoms with Gasteiger partial charge in [-0.15, -0.1) is 11.3 Å². The lowest BCUT2D eigenvalue weighted by Crippen LogP contribution is -2.43. The summed E-state index contributed by atoms with van der Waals surface area (Å²) in [6, 6.07) is 6.31. The number of rotatable bonds is 5. The average Bonchev–Trinajstić information content (AvgIpc) is 3.59. The molecule has 1 saturated carbocycles. The van der Waals surface area contributed by atoms with Crippen LogP contribution in [0, 0.1) is 0 Å². The minimum atomic E-state index is -0.528. The van der Waals surface area contributed by atoms with Crippen molar-refractivity contribution in [1.82, 2.24) is 9.47 Å². The number of benzene rings is 1. The first-order chi connectivity index (χ1) is 17.5. The highest BCUT2D eigenvalue weighted by atomic mass is 32.1. The minimum absolute atomic E-state index is 0.0772. The molecule has 37 heavy (non-hydrogen) atoms. The standard InChI is InChI=1S/C29H34N2O5S/c1-16(32)22-15-31(18-7-8-18)25-21(26(22)33)11-10-20(27(25)35-6)24-14-17-13-19(9-12-23(17)37-24)30(5)28(34)36-29(2,3)4/h10-11,14-15,18-19H,7-9,12-13H2,1-6H3. The van der Waals surface area contributed by atoms with Crippen LogP contribution in [0.2, 0.25) is 0 Å². The number of methoxy groups -OCH3 is 1. The smallest absolute Gasteiger partial charge is 0.410 e. The predicted molar refractivity (Wildman–Crippen MR) is 146 cm³/mol. The Morgan fingerprint density at radius 2 is 1.89 bits per heavy atom. The number of amides is 1. The van der Waals surface area contributed by atoms with Crippen molar-refractivity contribution in [1.29, 1.82) is 0 Å². The number of Topliss-reactive ketones (excluding diaryl/α,β-unsaturated/α-hetero) is 1. The molecule has 1 fully saturated rings. The van der Waals surface area contributed by atoms with Gasteiger partial charge in [-0.05, 0) is 83.6 Å². The number of likely N-dealkylation sites (N-methyl/N-ethyl adjacent to an activating group) is 1. The Morgan fingerprint density at radius 3 is 2.51 bits per heavy atom. The van der Waals surface area contributed by atoms with Crippen molar-refractivity contribution >= 4 is 34.1 Å². The first kappa shape index (κ1) is 25.5. The van der Waals surface area contributed by atoms with Crippen LogP contribution in [-0.2, 0) is 17.6 Å². The van der Waals surface area contributed by atoms with Crippen LogP contribution in [-0.4, -0.2) is 47.1 Å². The summed E-state index contributed by atoms with van der Waals surface area (Å²) in [7, 11) is 3.45. The van der Waals surface area contributed by atoms with Crippen molar-refractivity contribution in [3.8, 4) is 16.2 Å². The van der Waals surface area contributed by atoms with Gasteiger partial charge in [0.15, 0.2) is 17.0 Å². The van der Waals surface area contributed by atoms with Crippen LogP contribution in [0.15, 0.2) is 29.2 Å². The van der Waals surface area contributed by atoms with E-state index in [4.69, 9.17) is 9.47 Å². The molecule has 1 aromatic carbocycles. The third-order valence-corrected chi connectivity index (χ3v) is 8.49. The number of carbonyl (C=O) groups excluding carboxylic acids is 2. The van der Waals surface area contributed by atoms with Gasteiger partial charge in [0.1, 0.15) is 5.60 Å². The fourth-order valence-corrected chi connectivity index (χ4v) is 6.39. The normalized spacial score (nSPS) is 17.4. The zero-order valence-electron chi connectivity index (χ0n) is 22.3. The first-order valence-electron chi connectivity index (χ1n) is 12.8. The topological polar surface area (TPSA) is 77.8 Å². The molecule has 1 amide bonds. The first-order valence-corrected chi connectivity index (χ1v) is 13.6. The monoisotopic (exact) mass is 522 g/mol. The minimum Gasteiger partial charge on any atom is -0.494 e. The maximum atomic E-state index is 13.2. The average molecular weight is 523 g/mol. The lowest BCUT2D eigenvalue weighted by atomic mass is 9.93. The Labute approximate surface area is 221 Å². The molecule has 7 nitrogen and oxygen atoms in total. The number of thiophene rings is 1. The molecule has 8 heteroatoms. The maximum Gasteiger partial charge on any atom is 0.410 e. The molecule has 0 spiro atoms. The van der Waals surface area contributed by atoms with Gasteiger partial charge in [0, 0.05) is 40.6 Å². The van der Waals surface area contributed by atoms with Crippen molar-refractivity contribution < 1.29 is 19.1 Å². The summed E-state index contributed by atoms with van der Waals surface area (Å²) in [4.78, 5) is 42.1. The number of aromatic nitrogens is 1. The molecule has 0 radical (unpaired) electrons. The summed E-state index contributed by atoms with van der Waals surface area (Å²) in [5, 5.41) is 0.514. The molecule has 0 N–H and O–H groups in total. The number of carbonyl (C=O) groups is 2. The van der Waals surface area contributed by atoms with Crippen LogP contribution in [0.4, 0.5) is 4.79 Å². The largest absolute Gasteiger partial charge is 0.494 e. The molecule has 2 aromatic heterocycles. The van der Waals surface area contributed by atoms with Gasteiger partial charge in [-0.2, -0.15) is 0 Å². The zero-order valence-corrected chi connectivity index (χ0v) is 23.2. The molecule has 0 aliphatic heterocycles. The van der Waals surface area contributed by atoms with Gasteiger partial charge in [-0.3, -0.25) is 9.59 Å². The van der Waals surface area contributed by atoms with Crippen LogP contribution in [0.1, 0.15) is 73.8 Å². The third kappa shape index (κ3) is 4.79. The highest BCUT2D eigenvalue weighted by molar-refractivity contribution is 7.15. The third-order valence-electron chi connectivity index (χ3n) is 7.22. The molecule has 2 aliphatic carbocycles. The van der Waals surface area contributed by atoms with Crippen molar-refractivity contribution in [3.05, 3.63) is 50.6 Å². The maximum absolute atomic E-state index is 13.2. The molecule has 0 bridgehead atoms. The van der Waals surface area contributed by atoms with Gasteiger partial charge in [-0.1, -0.05) is 0 Å². The highest BCUT2D eigenvalue weighted by Gasteiger charge is 2.31. The number of nitrogens with zero attached hydrogens (tertiary/aromatic N) is 2. The molecule has 2 heterocycles. The Balaban J connectivity index is 1.53. The molecule has 1 atom stereocenters. The summed E-state index contributed by atoms with van der Waals surface area (Å²) in [5.41, 5.74) is 2.38. The van der Waals surface area contributed by atoms with Crippen molar-refractivity contribution in [3.63, 3.8) is 0 Å². The van der Waals surface area contributed by atoms with Gasteiger partial charge < -0.3 is 18.9 Å². The van der Waals surface area contributed by atoms with E-state index in [0.717, 1.165) is 48.1 Å². The van der Waals surface area contributed by atoms with E-state index in [-0.39, 0.29) is 35.0 Å². The van der Waals surface area contributed by atoms with E-state index >= 15 is 0 Å². The van der Waals surface area contributed by atoms with Gasteiger partial charge in [0.2, 0.25) is 0 Å². The van der Waals surface area contributed by atoms with Crippen LogP contribution in [0.3, 0.4) is 0 Å². The van der Waals surface area contributed by atoms with Crippen LogP contribution >= 0.6 is 11.3 Å². The number of pyridine rings is 1. The summed E-state index contributed by atoms with van der Waals surface area (Å²) in [6.07, 6.45) is 6.00. The molecule has 0 saturated heterocycles. The van der Waals surface area contributed by atoms with E-state index < -0.39 is 5.60 Å². The Morgan fingerprint density at radius 1 is 1.16 bits per heavy atom.